The second kappa shape index (κ2) is 3.17. The number of carbonyl (C=O) groups excluding carboxylic acids is 1. The fourth-order valence-corrected chi connectivity index (χ4v) is 1.15. The van der Waals surface area contributed by atoms with Gasteiger partial charge in [0.2, 0.25) is 15.7 Å². The molecule has 0 bridgehead atoms. The Morgan fingerprint density at radius 1 is 1.69 bits per heavy atom. The van der Waals surface area contributed by atoms with Crippen molar-refractivity contribution in [2.24, 2.45) is 5.73 Å². The zero-order chi connectivity index (χ0) is 10.1. The maximum absolute atomic E-state index is 10.8. The van der Waals surface area contributed by atoms with Gasteiger partial charge in [0, 0.05) is 6.26 Å². The molecule has 0 saturated heterocycles. The van der Waals surface area contributed by atoms with E-state index in [4.69, 9.17) is 5.73 Å². The number of hydrogen-bond acceptors (Lipinski definition) is 5. The highest BCUT2D eigenvalue weighted by Gasteiger charge is 2.15. The van der Waals surface area contributed by atoms with Gasteiger partial charge in [-0.15, -0.1) is 0 Å². The molecule has 6 nitrogen and oxygen atoms in total. The summed E-state index contributed by atoms with van der Waals surface area (Å²) in [5, 5.41) is -0.431. The van der Waals surface area contributed by atoms with Crippen LogP contribution in [-0.4, -0.2) is 25.6 Å². The second-order valence-electron chi connectivity index (χ2n) is 2.36. The molecule has 1 aromatic heterocycles. The molecule has 0 spiro atoms. The Hall–Kier alpha value is -1.37. The van der Waals surface area contributed by atoms with Crippen LogP contribution in [0.4, 0.5) is 0 Å². The summed E-state index contributed by atoms with van der Waals surface area (Å²) in [5.41, 5.74) is 4.91. The first kappa shape index (κ1) is 9.72. The Bertz CT molecular complexity index is 420. The molecular formula is C6H7N2O4S. The molecule has 1 radical (unpaired) electrons. The normalized spacial score (nSPS) is 11.5. The zero-order valence-corrected chi connectivity index (χ0v) is 7.54. The van der Waals surface area contributed by atoms with E-state index < -0.39 is 21.0 Å². The van der Waals surface area contributed by atoms with E-state index in [1.807, 2.05) is 0 Å². The summed E-state index contributed by atoms with van der Waals surface area (Å²) >= 11 is 0. The van der Waals surface area contributed by atoms with Gasteiger partial charge in [-0.3, -0.25) is 4.79 Å². The van der Waals surface area contributed by atoms with Crippen molar-refractivity contribution in [3.05, 3.63) is 18.4 Å². The summed E-state index contributed by atoms with van der Waals surface area (Å²) < 4.78 is 26.3. The molecule has 0 fully saturated rings. The van der Waals surface area contributed by atoms with Crippen molar-refractivity contribution < 1.29 is 17.6 Å². The molecule has 0 aliphatic carbocycles. The molecule has 1 amide bonds. The fourth-order valence-electron chi connectivity index (χ4n) is 0.651. The number of amides is 1. The van der Waals surface area contributed by atoms with Crippen LogP contribution in [0.15, 0.2) is 15.9 Å². The van der Waals surface area contributed by atoms with Crippen LogP contribution >= 0.6 is 0 Å². The minimum atomic E-state index is -3.47. The van der Waals surface area contributed by atoms with Crippen molar-refractivity contribution >= 4 is 15.7 Å². The lowest BCUT2D eigenvalue weighted by Crippen LogP contribution is -2.11. The predicted molar refractivity (Wildman–Crippen MR) is 42.2 cm³/mol. The first-order valence-electron chi connectivity index (χ1n) is 3.19. The van der Waals surface area contributed by atoms with Crippen LogP contribution in [0.3, 0.4) is 0 Å². The predicted octanol–water partition coefficient (Wildman–Crippen LogP) is -0.884. The maximum atomic E-state index is 10.8. The van der Waals surface area contributed by atoms with Crippen LogP contribution in [-0.2, 0) is 14.6 Å². The SMILES string of the molecule is CS(=O)(=O)c1nc([CH]C(N)=O)co1. The molecule has 0 aliphatic rings. The van der Waals surface area contributed by atoms with Gasteiger partial charge in [0.05, 0.1) is 5.69 Å². The van der Waals surface area contributed by atoms with Gasteiger partial charge in [0.1, 0.15) is 12.7 Å². The lowest BCUT2D eigenvalue weighted by atomic mass is 10.3. The van der Waals surface area contributed by atoms with E-state index in [9.17, 15) is 13.2 Å². The van der Waals surface area contributed by atoms with Crippen LogP contribution in [0.25, 0.3) is 0 Å². The van der Waals surface area contributed by atoms with Crippen LogP contribution in [0.2, 0.25) is 0 Å². The van der Waals surface area contributed by atoms with Crippen molar-refractivity contribution in [1.82, 2.24) is 4.98 Å². The molecular weight excluding hydrogens is 196 g/mol. The van der Waals surface area contributed by atoms with E-state index in [2.05, 4.69) is 9.40 Å². The molecule has 0 aliphatic heterocycles. The van der Waals surface area contributed by atoms with Crippen LogP contribution in [0.1, 0.15) is 5.69 Å². The number of primary amides is 1. The average Bonchev–Trinajstić information content (AvgIpc) is 2.32. The van der Waals surface area contributed by atoms with Gasteiger partial charge < -0.3 is 10.2 Å². The molecule has 0 aromatic carbocycles. The number of hydrogen-bond donors (Lipinski definition) is 1. The Balaban J connectivity index is 2.94. The molecule has 7 heteroatoms. The Labute approximate surface area is 74.7 Å². The minimum absolute atomic E-state index is 0.0907. The number of nitrogens with zero attached hydrogens (tertiary/aromatic N) is 1. The third-order valence-corrected chi connectivity index (χ3v) is 1.93. The molecule has 0 saturated carbocycles. The van der Waals surface area contributed by atoms with E-state index in [1.54, 1.807) is 0 Å². The van der Waals surface area contributed by atoms with Gasteiger partial charge in [-0.2, -0.15) is 0 Å². The third-order valence-electron chi connectivity index (χ3n) is 1.11. The van der Waals surface area contributed by atoms with Crippen molar-refractivity contribution in [1.29, 1.82) is 0 Å². The summed E-state index contributed by atoms with van der Waals surface area (Å²) in [5.74, 6) is -0.714. The Morgan fingerprint density at radius 3 is 2.69 bits per heavy atom. The van der Waals surface area contributed by atoms with Crippen molar-refractivity contribution in [3.8, 4) is 0 Å². The van der Waals surface area contributed by atoms with E-state index >= 15 is 0 Å². The van der Waals surface area contributed by atoms with Gasteiger partial charge >= 0.3 is 5.22 Å². The summed E-state index contributed by atoms with van der Waals surface area (Å²) in [6, 6.07) is 0. The van der Waals surface area contributed by atoms with E-state index in [-0.39, 0.29) is 5.69 Å². The smallest absolute Gasteiger partial charge is 0.314 e. The second-order valence-corrected chi connectivity index (χ2v) is 4.25. The number of nitrogens with two attached hydrogens (primary N) is 1. The number of carbonyl (C=O) groups is 1. The summed E-state index contributed by atoms with van der Waals surface area (Å²) in [6.07, 6.45) is 2.96. The number of aromatic nitrogens is 1. The van der Waals surface area contributed by atoms with E-state index in [1.165, 1.54) is 0 Å². The lowest BCUT2D eigenvalue weighted by molar-refractivity contribution is -0.114. The van der Waals surface area contributed by atoms with E-state index in [0.29, 0.717) is 0 Å². The summed E-state index contributed by atoms with van der Waals surface area (Å²) in [4.78, 5) is 13.9. The topological polar surface area (TPSA) is 103 Å². The van der Waals surface area contributed by atoms with Gasteiger partial charge in [-0.05, 0) is 0 Å². The van der Waals surface area contributed by atoms with E-state index in [0.717, 1.165) is 18.9 Å². The molecule has 13 heavy (non-hydrogen) atoms. The Morgan fingerprint density at radius 2 is 2.31 bits per heavy atom. The molecule has 0 atom stereocenters. The molecule has 71 valence electrons. The molecule has 1 heterocycles. The molecule has 2 N–H and O–H groups in total. The van der Waals surface area contributed by atoms with Gasteiger partial charge in [-0.1, -0.05) is 0 Å². The highest BCUT2D eigenvalue weighted by Crippen LogP contribution is 2.09. The average molecular weight is 203 g/mol. The molecule has 1 aromatic rings. The number of rotatable bonds is 3. The first-order valence-corrected chi connectivity index (χ1v) is 5.08. The minimum Gasteiger partial charge on any atom is -0.436 e. The highest BCUT2D eigenvalue weighted by atomic mass is 32.2. The van der Waals surface area contributed by atoms with Crippen molar-refractivity contribution in [2.75, 3.05) is 6.26 Å². The summed E-state index contributed by atoms with van der Waals surface area (Å²) in [7, 11) is -3.47. The van der Waals surface area contributed by atoms with Crippen molar-refractivity contribution in [2.45, 2.75) is 5.22 Å². The number of oxazole rings is 1. The largest absolute Gasteiger partial charge is 0.436 e. The first-order chi connectivity index (χ1) is 5.89. The molecule has 0 unspecified atom stereocenters. The summed E-state index contributed by atoms with van der Waals surface area (Å²) in [6.45, 7) is 0. The van der Waals surface area contributed by atoms with Crippen LogP contribution in [0.5, 0.6) is 0 Å². The fraction of sp³-hybridized carbons (Fsp3) is 0.167. The standard InChI is InChI=1S/C6H7N2O4S/c1-13(10,11)6-8-4(3-12-6)2-5(7)9/h2-3H,1H3,(H2,7,9). The Kier molecular flexibility index (Phi) is 2.37. The quantitative estimate of drug-likeness (QED) is 0.686. The van der Waals surface area contributed by atoms with Crippen LogP contribution in [0, 0.1) is 6.42 Å². The number of sulfone groups is 1. The monoisotopic (exact) mass is 203 g/mol. The van der Waals surface area contributed by atoms with Gasteiger partial charge in [-0.25, -0.2) is 13.4 Å². The van der Waals surface area contributed by atoms with Gasteiger partial charge in [0.15, 0.2) is 0 Å². The van der Waals surface area contributed by atoms with Crippen LogP contribution < -0.4 is 5.73 Å². The lowest BCUT2D eigenvalue weighted by Gasteiger charge is -1.86. The molecule has 1 rings (SSSR count). The highest BCUT2D eigenvalue weighted by molar-refractivity contribution is 7.90. The van der Waals surface area contributed by atoms with Crippen molar-refractivity contribution in [3.63, 3.8) is 0 Å². The maximum Gasteiger partial charge on any atom is 0.314 e. The zero-order valence-electron chi connectivity index (χ0n) is 6.72. The third kappa shape index (κ3) is 2.55. The van der Waals surface area contributed by atoms with Gasteiger partial charge in [0.25, 0.3) is 0 Å².